The molecule has 0 amide bonds. The normalized spacial score (nSPS) is 11.9. The summed E-state index contributed by atoms with van der Waals surface area (Å²) in [4.78, 5) is 0. The van der Waals surface area contributed by atoms with E-state index >= 15 is 0 Å². The van der Waals surface area contributed by atoms with Gasteiger partial charge in [-0.2, -0.15) is 0 Å². The van der Waals surface area contributed by atoms with Crippen molar-refractivity contribution in [3.05, 3.63) is 188 Å². The summed E-state index contributed by atoms with van der Waals surface area (Å²) in [7, 11) is 0. The highest BCUT2D eigenvalue weighted by molar-refractivity contribution is 6.26. The Hall–Kier alpha value is -6.84. The van der Waals surface area contributed by atoms with E-state index in [1.807, 2.05) is 0 Å². The first-order chi connectivity index (χ1) is 25.3. The quantitative estimate of drug-likeness (QED) is 0.180. The number of nitrogens with zero attached hydrogens (tertiary/aromatic N) is 3. The molecule has 0 aliphatic carbocycles. The fourth-order valence-corrected chi connectivity index (χ4v) is 8.48. The first kappa shape index (κ1) is 28.0. The van der Waals surface area contributed by atoms with Gasteiger partial charge in [0.15, 0.2) is 0 Å². The minimum Gasteiger partial charge on any atom is -0.309 e. The van der Waals surface area contributed by atoms with Gasteiger partial charge >= 0.3 is 0 Å². The highest BCUT2D eigenvalue weighted by Crippen LogP contribution is 2.42. The fraction of sp³-hybridized carbons (Fsp3) is 0. The number of hydrogen-bond acceptors (Lipinski definition) is 0. The van der Waals surface area contributed by atoms with Crippen molar-refractivity contribution >= 4 is 65.4 Å². The summed E-state index contributed by atoms with van der Waals surface area (Å²) in [6.07, 6.45) is 0. The lowest BCUT2D eigenvalue weighted by molar-refractivity contribution is 1.17. The third kappa shape index (κ3) is 4.06. The van der Waals surface area contributed by atoms with E-state index in [1.165, 1.54) is 76.5 Å². The van der Waals surface area contributed by atoms with E-state index in [2.05, 4.69) is 202 Å². The van der Waals surface area contributed by atoms with Crippen LogP contribution < -0.4 is 0 Å². The van der Waals surface area contributed by atoms with Crippen LogP contribution >= 0.6 is 0 Å². The van der Waals surface area contributed by atoms with Crippen molar-refractivity contribution in [3.8, 4) is 28.2 Å². The Labute approximate surface area is 294 Å². The molecule has 8 aromatic carbocycles. The molecule has 0 aliphatic heterocycles. The third-order valence-corrected chi connectivity index (χ3v) is 10.6. The van der Waals surface area contributed by atoms with Gasteiger partial charge in [-0.15, -0.1) is 0 Å². The van der Waals surface area contributed by atoms with Crippen LogP contribution in [0.3, 0.4) is 0 Å². The van der Waals surface area contributed by atoms with Crippen molar-refractivity contribution in [1.82, 2.24) is 13.7 Å². The molecule has 3 heteroatoms. The van der Waals surface area contributed by atoms with Gasteiger partial charge in [0, 0.05) is 49.4 Å². The van der Waals surface area contributed by atoms with E-state index in [9.17, 15) is 0 Å². The number of para-hydroxylation sites is 5. The molecule has 0 saturated carbocycles. The average molecular weight is 650 g/mol. The first-order valence-corrected chi connectivity index (χ1v) is 17.5. The fourth-order valence-electron chi connectivity index (χ4n) is 8.48. The second-order valence-corrected chi connectivity index (χ2v) is 13.4. The van der Waals surface area contributed by atoms with Gasteiger partial charge in [-0.1, -0.05) is 121 Å². The Balaban J connectivity index is 1.16. The van der Waals surface area contributed by atoms with Crippen molar-refractivity contribution < 1.29 is 0 Å². The Morgan fingerprint density at radius 1 is 0.255 bits per heavy atom. The summed E-state index contributed by atoms with van der Waals surface area (Å²) in [5.74, 6) is 0. The van der Waals surface area contributed by atoms with Crippen molar-refractivity contribution in [2.45, 2.75) is 0 Å². The molecule has 0 unspecified atom stereocenters. The summed E-state index contributed by atoms with van der Waals surface area (Å²) < 4.78 is 7.28. The molecule has 0 radical (unpaired) electrons. The van der Waals surface area contributed by atoms with Crippen LogP contribution in [0.4, 0.5) is 0 Å². The van der Waals surface area contributed by atoms with Gasteiger partial charge in [0.1, 0.15) is 0 Å². The molecule has 238 valence electrons. The lowest BCUT2D eigenvalue weighted by atomic mass is 10.0. The van der Waals surface area contributed by atoms with Crippen molar-refractivity contribution in [2.75, 3.05) is 0 Å². The maximum absolute atomic E-state index is 2.48. The zero-order valence-electron chi connectivity index (χ0n) is 27.7. The predicted molar refractivity (Wildman–Crippen MR) is 215 cm³/mol. The van der Waals surface area contributed by atoms with Crippen molar-refractivity contribution in [3.63, 3.8) is 0 Å². The van der Waals surface area contributed by atoms with Crippen LogP contribution in [0, 0.1) is 0 Å². The van der Waals surface area contributed by atoms with Crippen LogP contribution in [0.2, 0.25) is 0 Å². The Kier molecular flexibility index (Phi) is 5.96. The summed E-state index contributed by atoms with van der Waals surface area (Å²) in [6.45, 7) is 0. The van der Waals surface area contributed by atoms with E-state index in [0.29, 0.717) is 0 Å². The Morgan fingerprint density at radius 3 is 1.29 bits per heavy atom. The lowest BCUT2D eigenvalue weighted by Gasteiger charge is -2.13. The molecule has 3 nitrogen and oxygen atoms in total. The largest absolute Gasteiger partial charge is 0.309 e. The van der Waals surface area contributed by atoms with E-state index in [-0.39, 0.29) is 0 Å². The second kappa shape index (κ2) is 10.8. The van der Waals surface area contributed by atoms with E-state index < -0.39 is 0 Å². The number of rotatable bonds is 4. The summed E-state index contributed by atoms with van der Waals surface area (Å²) in [5.41, 5.74) is 13.1. The molecule has 0 spiro atoms. The molecule has 0 N–H and O–H groups in total. The maximum atomic E-state index is 2.48. The molecule has 11 aromatic rings. The lowest BCUT2D eigenvalue weighted by Crippen LogP contribution is -1.96. The van der Waals surface area contributed by atoms with Gasteiger partial charge in [-0.25, -0.2) is 0 Å². The maximum Gasteiger partial charge on any atom is 0.0641 e. The van der Waals surface area contributed by atoms with Gasteiger partial charge in [-0.3, -0.25) is 0 Å². The standard InChI is InChI=1S/C48H31N3/c1-2-16-34(17-3-1)49-45-27-11-7-23-41(45)47-46(49)29-28-40-39-22-6-10-26-44(39)51(48(40)47)36-19-13-15-33(31-36)32-14-12-18-35(30-32)50-42-24-8-4-20-37(42)38-21-5-9-25-43(38)50/h1-31H. The minimum absolute atomic E-state index is 1.14. The van der Waals surface area contributed by atoms with E-state index in [0.717, 1.165) is 17.1 Å². The number of fused-ring (bicyclic) bond motifs is 10. The highest BCUT2D eigenvalue weighted by atomic mass is 15.0. The number of aromatic nitrogens is 3. The molecular formula is C48H31N3. The molecule has 0 fully saturated rings. The van der Waals surface area contributed by atoms with Crippen LogP contribution in [-0.2, 0) is 0 Å². The molecule has 3 aromatic heterocycles. The van der Waals surface area contributed by atoms with Gasteiger partial charge in [0.05, 0.1) is 33.1 Å². The molecule has 11 rings (SSSR count). The van der Waals surface area contributed by atoms with Gasteiger partial charge in [0.2, 0.25) is 0 Å². The smallest absolute Gasteiger partial charge is 0.0641 e. The van der Waals surface area contributed by atoms with Gasteiger partial charge in [-0.05, 0) is 77.9 Å². The van der Waals surface area contributed by atoms with Crippen molar-refractivity contribution in [1.29, 1.82) is 0 Å². The van der Waals surface area contributed by atoms with Gasteiger partial charge in [0.25, 0.3) is 0 Å². The SMILES string of the molecule is c1ccc(-n2c3ccccc3c3c2ccc2c4ccccc4n(-c4cccc(-c5cccc(-n6c7ccccc7c7ccccc76)c5)c4)c23)cc1. The molecule has 51 heavy (non-hydrogen) atoms. The van der Waals surface area contributed by atoms with Crippen molar-refractivity contribution in [2.24, 2.45) is 0 Å². The van der Waals surface area contributed by atoms with E-state index in [1.54, 1.807) is 0 Å². The average Bonchev–Trinajstić information content (AvgIpc) is 3.84. The van der Waals surface area contributed by atoms with Gasteiger partial charge < -0.3 is 13.7 Å². The first-order valence-electron chi connectivity index (χ1n) is 17.5. The van der Waals surface area contributed by atoms with Crippen LogP contribution in [0.15, 0.2) is 188 Å². The molecule has 0 saturated heterocycles. The minimum atomic E-state index is 1.14. The highest BCUT2D eigenvalue weighted by Gasteiger charge is 2.21. The van der Waals surface area contributed by atoms with Crippen LogP contribution in [0.1, 0.15) is 0 Å². The number of hydrogen-bond donors (Lipinski definition) is 0. The number of benzene rings is 8. The molecule has 0 bridgehead atoms. The van der Waals surface area contributed by atoms with Crippen LogP contribution in [0.25, 0.3) is 93.6 Å². The van der Waals surface area contributed by atoms with Crippen LogP contribution in [0.5, 0.6) is 0 Å². The third-order valence-electron chi connectivity index (χ3n) is 10.6. The monoisotopic (exact) mass is 649 g/mol. The molecule has 0 atom stereocenters. The zero-order chi connectivity index (χ0) is 33.5. The molecule has 3 heterocycles. The Bertz CT molecular complexity index is 3080. The topological polar surface area (TPSA) is 14.8 Å². The Morgan fingerprint density at radius 2 is 0.686 bits per heavy atom. The summed E-state index contributed by atoms with van der Waals surface area (Å²) >= 11 is 0. The predicted octanol–water partition coefficient (Wildman–Crippen LogP) is 12.6. The summed E-state index contributed by atoms with van der Waals surface area (Å²) in [5, 5.41) is 7.57. The summed E-state index contributed by atoms with van der Waals surface area (Å²) in [6, 6.07) is 68.4. The second-order valence-electron chi connectivity index (χ2n) is 13.4. The zero-order valence-corrected chi connectivity index (χ0v) is 27.7. The van der Waals surface area contributed by atoms with Crippen LogP contribution in [-0.4, -0.2) is 13.7 Å². The molecular weight excluding hydrogens is 619 g/mol. The van der Waals surface area contributed by atoms with E-state index in [4.69, 9.17) is 0 Å². The molecule has 0 aliphatic rings.